The highest BCUT2D eigenvalue weighted by Crippen LogP contribution is 2.32. The van der Waals surface area contributed by atoms with Crippen molar-refractivity contribution in [3.8, 4) is 5.75 Å². The van der Waals surface area contributed by atoms with Gasteiger partial charge in [0.1, 0.15) is 12.3 Å². The number of benzene rings is 3. The average molecular weight is 473 g/mol. The zero-order valence-electron chi connectivity index (χ0n) is 18.3. The normalized spacial score (nSPS) is 11.2. The zero-order valence-corrected chi connectivity index (χ0v) is 19.9. The lowest BCUT2D eigenvalue weighted by molar-refractivity contribution is -0.114. The molecule has 0 unspecified atom stereocenters. The van der Waals surface area contributed by atoms with Crippen molar-refractivity contribution >= 4 is 38.9 Å². The van der Waals surface area contributed by atoms with Crippen LogP contribution in [0.5, 0.6) is 5.75 Å². The van der Waals surface area contributed by atoms with E-state index in [0.717, 1.165) is 21.0 Å². The molecule has 0 atom stereocenters. The Bertz CT molecular complexity index is 1240. The van der Waals surface area contributed by atoms with Crippen molar-refractivity contribution < 1.29 is 17.9 Å². The van der Waals surface area contributed by atoms with Crippen molar-refractivity contribution in [1.82, 2.24) is 0 Å². The number of carbonyl (C=O) groups is 1. The molecule has 0 radical (unpaired) electrons. The summed E-state index contributed by atoms with van der Waals surface area (Å²) in [7, 11) is -2.57. The van der Waals surface area contributed by atoms with Crippen LogP contribution in [-0.2, 0) is 14.8 Å². The lowest BCUT2D eigenvalue weighted by atomic mass is 10.1. The number of aryl methyl sites for hydroxylation is 3. The summed E-state index contributed by atoms with van der Waals surface area (Å²) in [4.78, 5) is 12.9. The number of carbonyl (C=O) groups excluding carboxylic acids is 1. The summed E-state index contributed by atoms with van der Waals surface area (Å²) in [5.41, 5.74) is 3.90. The molecule has 3 aromatic carbocycles. The second kappa shape index (κ2) is 9.63. The van der Waals surface area contributed by atoms with Gasteiger partial charge in [-0.25, -0.2) is 8.42 Å². The first-order valence-corrected chi connectivity index (χ1v) is 11.7. The van der Waals surface area contributed by atoms with Crippen molar-refractivity contribution in [2.24, 2.45) is 0 Å². The molecule has 0 fully saturated rings. The lowest BCUT2D eigenvalue weighted by Crippen LogP contribution is -2.38. The minimum atomic E-state index is -4.04. The van der Waals surface area contributed by atoms with Gasteiger partial charge in [0.05, 0.1) is 22.7 Å². The first-order chi connectivity index (χ1) is 15.1. The highest BCUT2D eigenvalue weighted by Gasteiger charge is 2.28. The number of hydrogen-bond donors (Lipinski definition) is 1. The van der Waals surface area contributed by atoms with Crippen LogP contribution in [0, 0.1) is 20.8 Å². The number of hydrogen-bond acceptors (Lipinski definition) is 4. The average Bonchev–Trinajstić information content (AvgIpc) is 2.75. The molecule has 3 rings (SSSR count). The molecule has 0 aliphatic rings. The largest absolute Gasteiger partial charge is 0.495 e. The smallest absolute Gasteiger partial charge is 0.264 e. The van der Waals surface area contributed by atoms with E-state index in [0.29, 0.717) is 11.4 Å². The van der Waals surface area contributed by atoms with Crippen LogP contribution in [0.15, 0.2) is 65.6 Å². The molecule has 0 aromatic heterocycles. The van der Waals surface area contributed by atoms with Gasteiger partial charge in [0.2, 0.25) is 5.91 Å². The molecule has 0 bridgehead atoms. The number of rotatable bonds is 7. The molecular weight excluding hydrogens is 448 g/mol. The number of methoxy groups -OCH3 is 1. The van der Waals surface area contributed by atoms with Gasteiger partial charge in [-0.2, -0.15) is 0 Å². The number of ether oxygens (including phenoxy) is 1. The Balaban J connectivity index is 1.98. The molecule has 1 N–H and O–H groups in total. The van der Waals surface area contributed by atoms with Gasteiger partial charge >= 0.3 is 0 Å². The van der Waals surface area contributed by atoms with Crippen molar-refractivity contribution in [3.63, 3.8) is 0 Å². The molecule has 0 heterocycles. The standard InChI is InChI=1S/C24H25ClN2O4S/c1-16-5-10-21(11-6-16)32(29,30)27(20-9-12-23(31-4)22(25)14-20)15-24(28)26-19-8-7-17(2)18(3)13-19/h5-14H,15H2,1-4H3,(H,26,28). The lowest BCUT2D eigenvalue weighted by Gasteiger charge is -2.25. The van der Waals surface area contributed by atoms with Crippen LogP contribution in [0.25, 0.3) is 0 Å². The van der Waals surface area contributed by atoms with Gasteiger partial charge in [0, 0.05) is 5.69 Å². The number of nitrogens with zero attached hydrogens (tertiary/aromatic N) is 1. The quantitative estimate of drug-likeness (QED) is 0.518. The fraction of sp³-hybridized carbons (Fsp3) is 0.208. The van der Waals surface area contributed by atoms with E-state index >= 15 is 0 Å². The molecule has 0 aliphatic carbocycles. The van der Waals surface area contributed by atoms with Gasteiger partial charge in [0.25, 0.3) is 10.0 Å². The van der Waals surface area contributed by atoms with Gasteiger partial charge < -0.3 is 10.1 Å². The summed E-state index contributed by atoms with van der Waals surface area (Å²) in [5.74, 6) is -0.0708. The van der Waals surface area contributed by atoms with Gasteiger partial charge in [-0.3, -0.25) is 9.10 Å². The molecule has 168 valence electrons. The first-order valence-electron chi connectivity index (χ1n) is 9.92. The summed E-state index contributed by atoms with van der Waals surface area (Å²) in [6.45, 7) is 5.36. The Kier molecular flexibility index (Phi) is 7.11. The highest BCUT2D eigenvalue weighted by atomic mass is 35.5. The van der Waals surface area contributed by atoms with E-state index in [1.807, 2.05) is 32.9 Å². The third-order valence-corrected chi connectivity index (χ3v) is 7.19. The number of nitrogens with one attached hydrogen (secondary N) is 1. The minimum Gasteiger partial charge on any atom is -0.495 e. The summed E-state index contributed by atoms with van der Waals surface area (Å²) < 4.78 is 33.1. The molecule has 3 aromatic rings. The van der Waals surface area contributed by atoms with E-state index in [4.69, 9.17) is 16.3 Å². The van der Waals surface area contributed by atoms with Crippen LogP contribution in [0.1, 0.15) is 16.7 Å². The number of halogens is 1. The Morgan fingerprint density at radius 1 is 0.969 bits per heavy atom. The Morgan fingerprint density at radius 3 is 2.25 bits per heavy atom. The van der Waals surface area contributed by atoms with E-state index in [1.165, 1.54) is 25.3 Å². The van der Waals surface area contributed by atoms with Gasteiger partial charge in [0.15, 0.2) is 0 Å². The Morgan fingerprint density at radius 2 is 1.66 bits per heavy atom. The first kappa shape index (κ1) is 23.6. The molecular formula is C24H25ClN2O4S. The Hall–Kier alpha value is -3.03. The molecule has 0 saturated heterocycles. The Labute approximate surface area is 193 Å². The number of anilines is 2. The fourth-order valence-corrected chi connectivity index (χ4v) is 4.78. The van der Waals surface area contributed by atoms with Gasteiger partial charge in [-0.05, 0) is 74.4 Å². The summed E-state index contributed by atoms with van der Waals surface area (Å²) in [6.07, 6.45) is 0. The van der Waals surface area contributed by atoms with Crippen molar-refractivity contribution in [1.29, 1.82) is 0 Å². The second-order valence-corrected chi connectivity index (χ2v) is 9.76. The predicted molar refractivity (Wildman–Crippen MR) is 128 cm³/mol. The maximum absolute atomic E-state index is 13.5. The molecule has 0 spiro atoms. The topological polar surface area (TPSA) is 75.7 Å². The van der Waals surface area contributed by atoms with Gasteiger partial charge in [-0.15, -0.1) is 0 Å². The number of sulfonamides is 1. The molecule has 0 aliphatic heterocycles. The summed E-state index contributed by atoms with van der Waals surface area (Å²) in [5, 5.41) is 3.02. The third kappa shape index (κ3) is 5.23. The van der Waals surface area contributed by atoms with Crippen LogP contribution in [-0.4, -0.2) is 28.0 Å². The monoisotopic (exact) mass is 472 g/mol. The minimum absolute atomic E-state index is 0.0778. The van der Waals surface area contributed by atoms with Crippen molar-refractivity contribution in [3.05, 3.63) is 82.4 Å². The van der Waals surface area contributed by atoms with Crippen molar-refractivity contribution in [2.75, 3.05) is 23.3 Å². The molecule has 6 nitrogen and oxygen atoms in total. The second-order valence-electron chi connectivity index (χ2n) is 7.49. The van der Waals surface area contributed by atoms with Crippen LogP contribution < -0.4 is 14.4 Å². The SMILES string of the molecule is COc1ccc(N(CC(=O)Nc2ccc(C)c(C)c2)S(=O)(=O)c2ccc(C)cc2)cc1Cl. The maximum atomic E-state index is 13.5. The highest BCUT2D eigenvalue weighted by molar-refractivity contribution is 7.92. The van der Waals surface area contributed by atoms with E-state index in [9.17, 15) is 13.2 Å². The van der Waals surface area contributed by atoms with Crippen LogP contribution >= 0.6 is 11.6 Å². The van der Waals surface area contributed by atoms with Crippen LogP contribution in [0.3, 0.4) is 0 Å². The summed E-state index contributed by atoms with van der Waals surface area (Å²) in [6, 6.07) is 16.6. The maximum Gasteiger partial charge on any atom is 0.264 e. The molecule has 1 amide bonds. The predicted octanol–water partition coefficient (Wildman–Crippen LogP) is 5.11. The van der Waals surface area contributed by atoms with E-state index in [2.05, 4.69) is 5.32 Å². The molecule has 8 heteroatoms. The fourth-order valence-electron chi connectivity index (χ4n) is 3.11. The van der Waals surface area contributed by atoms with E-state index < -0.39 is 22.5 Å². The third-order valence-electron chi connectivity index (χ3n) is 5.11. The zero-order chi connectivity index (χ0) is 23.5. The molecule has 32 heavy (non-hydrogen) atoms. The van der Waals surface area contributed by atoms with Crippen LogP contribution in [0.2, 0.25) is 5.02 Å². The van der Waals surface area contributed by atoms with Crippen LogP contribution in [0.4, 0.5) is 11.4 Å². The number of amides is 1. The molecule has 0 saturated carbocycles. The van der Waals surface area contributed by atoms with Crippen molar-refractivity contribution in [2.45, 2.75) is 25.7 Å². The van der Waals surface area contributed by atoms with Gasteiger partial charge in [-0.1, -0.05) is 35.4 Å². The summed E-state index contributed by atoms with van der Waals surface area (Å²) >= 11 is 6.24. The van der Waals surface area contributed by atoms with E-state index in [-0.39, 0.29) is 15.6 Å². The van der Waals surface area contributed by atoms with E-state index in [1.54, 1.807) is 30.3 Å².